The minimum atomic E-state index is -0.770. The molecule has 1 fully saturated rings. The van der Waals surface area contributed by atoms with Crippen molar-refractivity contribution < 1.29 is 19.1 Å². The number of carbonyl (C=O) groups excluding carboxylic acids is 2. The summed E-state index contributed by atoms with van der Waals surface area (Å²) in [4.78, 5) is 21.7. The molecule has 62 valence electrons. The van der Waals surface area contributed by atoms with E-state index in [2.05, 4.69) is 9.47 Å². The van der Waals surface area contributed by atoms with E-state index in [-0.39, 0.29) is 0 Å². The van der Waals surface area contributed by atoms with Crippen molar-refractivity contribution >= 4 is 23.7 Å². The first-order valence-corrected chi connectivity index (χ1v) is 4.16. The molecule has 0 amide bonds. The number of hydrogen-bond acceptors (Lipinski definition) is 5. The van der Waals surface area contributed by atoms with Crippen molar-refractivity contribution in [2.24, 2.45) is 0 Å². The van der Waals surface area contributed by atoms with E-state index in [1.165, 1.54) is 18.9 Å². The molecule has 1 aliphatic heterocycles. The van der Waals surface area contributed by atoms with Crippen molar-refractivity contribution in [2.75, 3.05) is 19.5 Å². The molecule has 1 rings (SSSR count). The molecule has 1 aliphatic rings. The quantitative estimate of drug-likeness (QED) is 0.409. The summed E-state index contributed by atoms with van der Waals surface area (Å²) < 4.78 is 9.05. The van der Waals surface area contributed by atoms with Gasteiger partial charge in [-0.2, -0.15) is 0 Å². The zero-order valence-corrected chi connectivity index (χ0v) is 6.85. The van der Waals surface area contributed by atoms with Gasteiger partial charge >= 0.3 is 11.9 Å². The van der Waals surface area contributed by atoms with E-state index < -0.39 is 17.2 Å². The molecule has 11 heavy (non-hydrogen) atoms. The van der Waals surface area contributed by atoms with E-state index >= 15 is 0 Å². The molecular weight excluding hydrogens is 168 g/mol. The van der Waals surface area contributed by atoms with E-state index in [1.807, 2.05) is 0 Å². The molecule has 0 aromatic carbocycles. The number of ether oxygens (including phenoxy) is 2. The molecule has 4 nitrogen and oxygen atoms in total. The summed E-state index contributed by atoms with van der Waals surface area (Å²) in [6.45, 7) is 0.386. The van der Waals surface area contributed by atoms with Crippen LogP contribution in [-0.4, -0.2) is 36.7 Å². The maximum atomic E-state index is 10.9. The van der Waals surface area contributed by atoms with Crippen LogP contribution in [0.15, 0.2) is 0 Å². The van der Waals surface area contributed by atoms with Crippen LogP contribution < -0.4 is 0 Å². The van der Waals surface area contributed by atoms with Crippen LogP contribution >= 0.6 is 11.8 Å². The third-order valence-corrected chi connectivity index (χ3v) is 2.36. The molecule has 1 atom stereocenters. The molecule has 0 radical (unpaired) electrons. The van der Waals surface area contributed by atoms with Gasteiger partial charge in [0.25, 0.3) is 0 Å². The second-order valence-corrected chi connectivity index (χ2v) is 3.15. The number of carbonyl (C=O) groups is 2. The molecule has 0 aromatic rings. The highest BCUT2D eigenvalue weighted by Crippen LogP contribution is 2.18. The number of esters is 2. The second-order valence-electron chi connectivity index (χ2n) is 1.94. The van der Waals surface area contributed by atoms with Gasteiger partial charge in [-0.25, -0.2) is 0 Å². The lowest BCUT2D eigenvalue weighted by Gasteiger charge is -2.17. The first kappa shape index (κ1) is 8.39. The molecule has 0 bridgehead atoms. The Morgan fingerprint density at radius 1 is 1.82 bits per heavy atom. The molecular formula is C6H8O4S. The van der Waals surface area contributed by atoms with Gasteiger partial charge in [-0.05, 0) is 0 Å². The third-order valence-electron chi connectivity index (χ3n) is 1.24. The lowest BCUT2D eigenvalue weighted by Crippen LogP contribution is -2.34. The Morgan fingerprint density at radius 2 is 2.55 bits per heavy atom. The first-order valence-electron chi connectivity index (χ1n) is 3.12. The van der Waals surface area contributed by atoms with Crippen molar-refractivity contribution in [1.29, 1.82) is 0 Å². The van der Waals surface area contributed by atoms with Gasteiger partial charge in [0, 0.05) is 5.75 Å². The Balaban J connectivity index is 2.54. The molecule has 0 aromatic heterocycles. The van der Waals surface area contributed by atoms with Gasteiger partial charge in [0.2, 0.25) is 0 Å². The van der Waals surface area contributed by atoms with Gasteiger partial charge in [-0.15, -0.1) is 11.8 Å². The average Bonchev–Trinajstić information content (AvgIpc) is 2.04. The lowest BCUT2D eigenvalue weighted by atomic mass is 10.4. The van der Waals surface area contributed by atoms with Crippen LogP contribution in [0.4, 0.5) is 0 Å². The number of methoxy groups -OCH3 is 1. The zero-order valence-electron chi connectivity index (χ0n) is 6.03. The van der Waals surface area contributed by atoms with E-state index in [1.54, 1.807) is 0 Å². The van der Waals surface area contributed by atoms with Crippen LogP contribution in [0.25, 0.3) is 0 Å². The van der Waals surface area contributed by atoms with Crippen LogP contribution in [-0.2, 0) is 19.1 Å². The monoisotopic (exact) mass is 176 g/mol. The SMILES string of the molecule is COC(=O)C1SCCOC1=O. The van der Waals surface area contributed by atoms with Gasteiger partial charge in [0.05, 0.1) is 7.11 Å². The fourth-order valence-electron chi connectivity index (χ4n) is 0.723. The first-order chi connectivity index (χ1) is 5.25. The van der Waals surface area contributed by atoms with Crippen LogP contribution in [0.3, 0.4) is 0 Å². The predicted octanol–water partition coefficient (Wildman–Crippen LogP) is -0.182. The molecule has 0 N–H and O–H groups in total. The highest BCUT2D eigenvalue weighted by molar-refractivity contribution is 8.01. The molecule has 5 heteroatoms. The Hall–Kier alpha value is -0.710. The van der Waals surface area contributed by atoms with Crippen molar-refractivity contribution in [2.45, 2.75) is 5.25 Å². The van der Waals surface area contributed by atoms with Crippen molar-refractivity contribution in [3.05, 3.63) is 0 Å². The fraction of sp³-hybridized carbons (Fsp3) is 0.667. The Bertz CT molecular complexity index is 171. The fourth-order valence-corrected chi connectivity index (χ4v) is 1.57. The zero-order chi connectivity index (χ0) is 8.27. The summed E-state index contributed by atoms with van der Waals surface area (Å²) in [6, 6.07) is 0. The lowest BCUT2D eigenvalue weighted by molar-refractivity contribution is -0.152. The Labute approximate surface area is 68.2 Å². The number of hydrogen-bond donors (Lipinski definition) is 0. The number of cyclic esters (lactones) is 1. The average molecular weight is 176 g/mol. The van der Waals surface area contributed by atoms with Crippen molar-refractivity contribution in [1.82, 2.24) is 0 Å². The number of rotatable bonds is 1. The van der Waals surface area contributed by atoms with Gasteiger partial charge in [-0.3, -0.25) is 9.59 Å². The third kappa shape index (κ3) is 1.86. The highest BCUT2D eigenvalue weighted by atomic mass is 32.2. The molecule has 1 unspecified atom stereocenters. The summed E-state index contributed by atoms with van der Waals surface area (Å²) in [5.74, 6) is -0.362. The van der Waals surface area contributed by atoms with Crippen molar-refractivity contribution in [3.8, 4) is 0 Å². The maximum absolute atomic E-state index is 10.9. The summed E-state index contributed by atoms with van der Waals surface area (Å²) in [5.41, 5.74) is 0. The normalized spacial score (nSPS) is 24.1. The van der Waals surface area contributed by atoms with Crippen LogP contribution in [0.2, 0.25) is 0 Å². The number of thioether (sulfide) groups is 1. The van der Waals surface area contributed by atoms with Crippen LogP contribution in [0.5, 0.6) is 0 Å². The topological polar surface area (TPSA) is 52.6 Å². The minimum absolute atomic E-state index is 0.386. The standard InChI is InChI=1S/C6H8O4S/c1-9-5(7)4-6(8)10-2-3-11-4/h4H,2-3H2,1H3. The second kappa shape index (κ2) is 3.61. The molecule has 1 heterocycles. The van der Waals surface area contributed by atoms with E-state index in [4.69, 9.17) is 0 Å². The largest absolute Gasteiger partial charge is 0.468 e. The van der Waals surface area contributed by atoms with Gasteiger partial charge in [0.15, 0.2) is 5.25 Å². The van der Waals surface area contributed by atoms with Crippen LogP contribution in [0.1, 0.15) is 0 Å². The summed E-state index contributed by atoms with van der Waals surface area (Å²) >= 11 is 1.25. The molecule has 0 spiro atoms. The molecule has 0 aliphatic carbocycles. The predicted molar refractivity (Wildman–Crippen MR) is 39.2 cm³/mol. The van der Waals surface area contributed by atoms with E-state index in [0.717, 1.165) is 0 Å². The van der Waals surface area contributed by atoms with E-state index in [9.17, 15) is 9.59 Å². The van der Waals surface area contributed by atoms with E-state index in [0.29, 0.717) is 12.4 Å². The maximum Gasteiger partial charge on any atom is 0.330 e. The molecule has 0 saturated carbocycles. The smallest absolute Gasteiger partial charge is 0.330 e. The summed E-state index contributed by atoms with van der Waals surface area (Å²) in [5, 5.41) is -0.770. The van der Waals surface area contributed by atoms with Gasteiger partial charge < -0.3 is 9.47 Å². The minimum Gasteiger partial charge on any atom is -0.468 e. The van der Waals surface area contributed by atoms with Gasteiger partial charge in [0.1, 0.15) is 6.61 Å². The van der Waals surface area contributed by atoms with Crippen molar-refractivity contribution in [3.63, 3.8) is 0 Å². The Kier molecular flexibility index (Phi) is 2.76. The van der Waals surface area contributed by atoms with Gasteiger partial charge in [-0.1, -0.05) is 0 Å². The molecule has 1 saturated heterocycles. The Morgan fingerprint density at radius 3 is 3.09 bits per heavy atom. The summed E-state index contributed by atoms with van der Waals surface area (Å²) in [6.07, 6.45) is 0. The van der Waals surface area contributed by atoms with Crippen LogP contribution in [0, 0.1) is 0 Å². The summed E-state index contributed by atoms with van der Waals surface area (Å²) in [7, 11) is 1.25. The highest BCUT2D eigenvalue weighted by Gasteiger charge is 2.32.